The third-order valence-corrected chi connectivity index (χ3v) is 7.20. The van der Waals surface area contributed by atoms with Gasteiger partial charge in [0, 0.05) is 38.5 Å². The number of ether oxygens (including phenoxy) is 1. The normalized spacial score (nSPS) is 21.0. The summed E-state index contributed by atoms with van der Waals surface area (Å²) in [4.78, 5) is 56.4. The van der Waals surface area contributed by atoms with Crippen LogP contribution in [0.5, 0.6) is 5.75 Å². The topological polar surface area (TPSA) is 87.2 Å². The van der Waals surface area contributed by atoms with E-state index >= 15 is 0 Å². The number of hydrogen-bond acceptors (Lipinski definition) is 6. The first-order valence-electron chi connectivity index (χ1n) is 12.6. The SMILES string of the molecule is CC(=O)Oc1ccc(N2C(=O)CC(N(C(=O)C3CC3)C3CCN(Cc4ccccc4)CC3)C2=O)cc1. The molecule has 3 amide bonds. The lowest BCUT2D eigenvalue weighted by atomic mass is 9.99. The lowest BCUT2D eigenvalue weighted by molar-refractivity contribution is -0.143. The molecule has 1 aliphatic carbocycles. The molecule has 8 nitrogen and oxygen atoms in total. The van der Waals surface area contributed by atoms with Gasteiger partial charge in [-0.1, -0.05) is 30.3 Å². The molecule has 0 N–H and O–H groups in total. The quantitative estimate of drug-likeness (QED) is 0.337. The molecule has 2 aromatic rings. The molecule has 0 spiro atoms. The van der Waals surface area contributed by atoms with Crippen molar-refractivity contribution in [2.75, 3.05) is 18.0 Å². The van der Waals surface area contributed by atoms with Gasteiger partial charge < -0.3 is 9.64 Å². The van der Waals surface area contributed by atoms with Gasteiger partial charge in [-0.25, -0.2) is 4.90 Å². The monoisotopic (exact) mass is 489 g/mol. The van der Waals surface area contributed by atoms with Gasteiger partial charge in [0.25, 0.3) is 5.91 Å². The molecular weight excluding hydrogens is 458 g/mol. The summed E-state index contributed by atoms with van der Waals surface area (Å²) >= 11 is 0. The van der Waals surface area contributed by atoms with E-state index in [0.29, 0.717) is 11.4 Å². The minimum Gasteiger partial charge on any atom is -0.427 e. The Bertz CT molecular complexity index is 1140. The molecular formula is C28H31N3O5. The van der Waals surface area contributed by atoms with Gasteiger partial charge in [-0.2, -0.15) is 0 Å². The Morgan fingerprint density at radius 2 is 1.61 bits per heavy atom. The van der Waals surface area contributed by atoms with E-state index in [1.165, 1.54) is 17.4 Å². The summed E-state index contributed by atoms with van der Waals surface area (Å²) in [6.07, 6.45) is 3.24. The van der Waals surface area contributed by atoms with Gasteiger partial charge in [-0.15, -0.1) is 0 Å². The molecule has 2 heterocycles. The first kappa shape index (κ1) is 24.2. The van der Waals surface area contributed by atoms with E-state index in [0.717, 1.165) is 45.3 Å². The van der Waals surface area contributed by atoms with Crippen LogP contribution in [-0.2, 0) is 25.7 Å². The number of esters is 1. The maximum Gasteiger partial charge on any atom is 0.308 e. The number of imide groups is 1. The van der Waals surface area contributed by atoms with E-state index in [9.17, 15) is 19.2 Å². The smallest absolute Gasteiger partial charge is 0.308 e. The van der Waals surface area contributed by atoms with Crippen molar-refractivity contribution in [3.8, 4) is 5.75 Å². The summed E-state index contributed by atoms with van der Waals surface area (Å²) in [5.41, 5.74) is 1.67. The van der Waals surface area contributed by atoms with Crippen LogP contribution in [0.2, 0.25) is 0 Å². The van der Waals surface area contributed by atoms with Gasteiger partial charge in [-0.3, -0.25) is 24.1 Å². The molecule has 0 aromatic heterocycles. The highest BCUT2D eigenvalue weighted by Gasteiger charge is 2.49. The summed E-state index contributed by atoms with van der Waals surface area (Å²) in [5, 5.41) is 0. The van der Waals surface area contributed by atoms with E-state index in [-0.39, 0.29) is 36.1 Å². The zero-order valence-corrected chi connectivity index (χ0v) is 20.5. The van der Waals surface area contributed by atoms with Crippen LogP contribution in [0.25, 0.3) is 0 Å². The third kappa shape index (κ3) is 5.18. The second-order valence-corrected chi connectivity index (χ2v) is 9.89. The average molecular weight is 490 g/mol. The van der Waals surface area contributed by atoms with E-state index in [4.69, 9.17) is 4.74 Å². The van der Waals surface area contributed by atoms with E-state index in [1.807, 2.05) is 18.2 Å². The third-order valence-electron chi connectivity index (χ3n) is 7.20. The van der Waals surface area contributed by atoms with Crippen LogP contribution in [-0.4, -0.2) is 58.7 Å². The van der Waals surface area contributed by atoms with Crippen molar-refractivity contribution in [3.05, 3.63) is 60.2 Å². The Labute approximate surface area is 210 Å². The fourth-order valence-corrected chi connectivity index (χ4v) is 5.26. The predicted molar refractivity (Wildman–Crippen MR) is 133 cm³/mol. The number of rotatable bonds is 7. The van der Waals surface area contributed by atoms with E-state index < -0.39 is 12.0 Å². The molecule has 0 radical (unpaired) electrons. The minimum atomic E-state index is -0.774. The van der Waals surface area contributed by atoms with Crippen LogP contribution < -0.4 is 9.64 Å². The van der Waals surface area contributed by atoms with Gasteiger partial charge in [0.1, 0.15) is 11.8 Å². The Balaban J connectivity index is 1.30. The fourth-order valence-electron chi connectivity index (χ4n) is 5.26. The molecule has 36 heavy (non-hydrogen) atoms. The molecule has 1 saturated carbocycles. The maximum atomic E-state index is 13.5. The Hall–Kier alpha value is -3.52. The molecule has 5 rings (SSSR count). The number of likely N-dealkylation sites (tertiary alicyclic amines) is 1. The summed E-state index contributed by atoms with van der Waals surface area (Å²) in [5.74, 6) is -0.807. The first-order valence-corrected chi connectivity index (χ1v) is 12.6. The van der Waals surface area contributed by atoms with Crippen LogP contribution in [0.3, 0.4) is 0 Å². The van der Waals surface area contributed by atoms with Gasteiger partial charge in [0.2, 0.25) is 11.8 Å². The summed E-state index contributed by atoms with van der Waals surface area (Å²) in [7, 11) is 0. The molecule has 3 aliphatic rings. The zero-order chi connectivity index (χ0) is 25.2. The molecule has 1 unspecified atom stereocenters. The molecule has 2 aromatic carbocycles. The molecule has 2 saturated heterocycles. The van der Waals surface area contributed by atoms with Crippen molar-refractivity contribution in [2.45, 2.75) is 57.7 Å². The number of benzene rings is 2. The number of carbonyl (C=O) groups is 4. The Morgan fingerprint density at radius 3 is 2.22 bits per heavy atom. The largest absolute Gasteiger partial charge is 0.427 e. The van der Waals surface area contributed by atoms with Crippen LogP contribution in [0.4, 0.5) is 5.69 Å². The van der Waals surface area contributed by atoms with Crippen LogP contribution in [0.15, 0.2) is 54.6 Å². The minimum absolute atomic E-state index is 0.00673. The number of piperidine rings is 1. The number of amides is 3. The van der Waals surface area contributed by atoms with Crippen molar-refractivity contribution in [3.63, 3.8) is 0 Å². The highest BCUT2D eigenvalue weighted by molar-refractivity contribution is 6.23. The van der Waals surface area contributed by atoms with Crippen molar-refractivity contribution in [1.29, 1.82) is 0 Å². The van der Waals surface area contributed by atoms with Gasteiger partial charge in [0.15, 0.2) is 0 Å². The first-order chi connectivity index (χ1) is 17.4. The number of nitrogens with zero attached hydrogens (tertiary/aromatic N) is 3. The molecule has 3 fully saturated rings. The van der Waals surface area contributed by atoms with E-state index in [2.05, 4.69) is 17.0 Å². The highest BCUT2D eigenvalue weighted by atomic mass is 16.5. The Morgan fingerprint density at radius 1 is 0.944 bits per heavy atom. The molecule has 0 bridgehead atoms. The lowest BCUT2D eigenvalue weighted by Gasteiger charge is -2.41. The van der Waals surface area contributed by atoms with Crippen LogP contribution in [0.1, 0.15) is 44.6 Å². The summed E-state index contributed by atoms with van der Waals surface area (Å²) in [6.45, 7) is 3.85. The predicted octanol–water partition coefficient (Wildman–Crippen LogP) is 3.15. The number of anilines is 1. The average Bonchev–Trinajstić information content (AvgIpc) is 3.67. The number of hydrogen-bond donors (Lipinski definition) is 0. The second-order valence-electron chi connectivity index (χ2n) is 9.89. The van der Waals surface area contributed by atoms with Crippen LogP contribution in [0, 0.1) is 5.92 Å². The maximum absolute atomic E-state index is 13.5. The molecule has 8 heteroatoms. The lowest BCUT2D eigenvalue weighted by Crippen LogP contribution is -2.54. The van der Waals surface area contributed by atoms with Gasteiger partial charge in [0.05, 0.1) is 12.1 Å². The van der Waals surface area contributed by atoms with Crippen molar-refractivity contribution in [2.24, 2.45) is 5.92 Å². The molecule has 1 atom stereocenters. The second kappa shape index (κ2) is 10.2. The van der Waals surface area contributed by atoms with Crippen molar-refractivity contribution in [1.82, 2.24) is 9.80 Å². The van der Waals surface area contributed by atoms with E-state index in [1.54, 1.807) is 29.2 Å². The van der Waals surface area contributed by atoms with Crippen LogP contribution >= 0.6 is 0 Å². The van der Waals surface area contributed by atoms with Gasteiger partial charge >= 0.3 is 5.97 Å². The highest BCUT2D eigenvalue weighted by Crippen LogP contribution is 2.37. The standard InChI is InChI=1S/C28H31N3O5/c1-19(32)36-24-11-9-22(10-12-24)31-26(33)17-25(28(31)35)30(27(34)21-7-8-21)23-13-15-29(16-14-23)18-20-5-3-2-4-6-20/h2-6,9-12,21,23,25H,7-8,13-18H2,1H3. The van der Waals surface area contributed by atoms with Crippen molar-refractivity contribution < 1.29 is 23.9 Å². The summed E-state index contributed by atoms with van der Waals surface area (Å²) in [6, 6.07) is 15.8. The fraction of sp³-hybridized carbons (Fsp3) is 0.429. The van der Waals surface area contributed by atoms with Crippen molar-refractivity contribution >= 4 is 29.4 Å². The number of carbonyl (C=O) groups excluding carboxylic acids is 4. The Kier molecular flexibility index (Phi) is 6.87. The molecule has 2 aliphatic heterocycles. The summed E-state index contributed by atoms with van der Waals surface area (Å²) < 4.78 is 5.05. The molecule has 188 valence electrons. The zero-order valence-electron chi connectivity index (χ0n) is 20.5. The van der Waals surface area contributed by atoms with Gasteiger partial charge in [-0.05, 0) is 55.5 Å².